The molecule has 1 heterocycles. The van der Waals surface area contributed by atoms with E-state index in [0.717, 1.165) is 22.5 Å². The van der Waals surface area contributed by atoms with E-state index >= 15 is 0 Å². The number of nitrogen functional groups attached to an aromatic ring is 1. The van der Waals surface area contributed by atoms with Crippen molar-refractivity contribution in [1.82, 2.24) is 9.97 Å². The quantitative estimate of drug-likeness (QED) is 0.669. The molecule has 0 amide bonds. The highest BCUT2D eigenvalue weighted by Crippen LogP contribution is 2.33. The molecule has 2 aromatic rings. The van der Waals surface area contributed by atoms with Crippen LogP contribution < -0.4 is 16.2 Å². The zero-order valence-electron chi connectivity index (χ0n) is 10.9. The number of nitrogens with zero attached hydrogens (tertiary/aromatic N) is 3. The molecule has 1 aromatic carbocycles. The number of nitrogens with two attached hydrogens (primary N) is 1. The second kappa shape index (κ2) is 5.99. The van der Waals surface area contributed by atoms with E-state index in [4.69, 9.17) is 5.84 Å². The van der Waals surface area contributed by atoms with Gasteiger partial charge in [0.1, 0.15) is 10.8 Å². The standard InChI is InChI=1S/C13H16BrN5/c1-3-19(10-6-4-5-9(2)7-10)13-11(14)12(18-15)16-8-17-13/h4-8H,3,15H2,1-2H3,(H,16,17,18). The fraction of sp³-hybridized carbons (Fsp3) is 0.231. The number of rotatable bonds is 4. The number of nitrogens with one attached hydrogen (secondary N) is 1. The van der Waals surface area contributed by atoms with Crippen LogP contribution in [-0.4, -0.2) is 16.5 Å². The molecule has 0 fully saturated rings. The van der Waals surface area contributed by atoms with Gasteiger partial charge in [0, 0.05) is 12.2 Å². The zero-order chi connectivity index (χ0) is 13.8. The highest BCUT2D eigenvalue weighted by atomic mass is 79.9. The third-order valence-corrected chi connectivity index (χ3v) is 3.52. The largest absolute Gasteiger partial charge is 0.326 e. The van der Waals surface area contributed by atoms with E-state index in [2.05, 4.69) is 68.3 Å². The van der Waals surface area contributed by atoms with Crippen LogP contribution in [0.5, 0.6) is 0 Å². The maximum absolute atomic E-state index is 5.44. The molecule has 0 radical (unpaired) electrons. The van der Waals surface area contributed by atoms with Crippen LogP contribution >= 0.6 is 15.9 Å². The van der Waals surface area contributed by atoms with Crippen LogP contribution in [0.3, 0.4) is 0 Å². The molecule has 100 valence electrons. The molecule has 6 heteroatoms. The summed E-state index contributed by atoms with van der Waals surface area (Å²) >= 11 is 3.49. The van der Waals surface area contributed by atoms with Gasteiger partial charge in [-0.1, -0.05) is 12.1 Å². The van der Waals surface area contributed by atoms with E-state index in [1.54, 1.807) is 0 Å². The summed E-state index contributed by atoms with van der Waals surface area (Å²) in [4.78, 5) is 10.5. The molecular weight excluding hydrogens is 306 g/mol. The van der Waals surface area contributed by atoms with E-state index in [1.165, 1.54) is 11.9 Å². The normalized spacial score (nSPS) is 10.3. The van der Waals surface area contributed by atoms with Gasteiger partial charge in [0.25, 0.3) is 0 Å². The van der Waals surface area contributed by atoms with Gasteiger partial charge >= 0.3 is 0 Å². The first kappa shape index (κ1) is 13.8. The van der Waals surface area contributed by atoms with Crippen molar-refractivity contribution in [1.29, 1.82) is 0 Å². The Kier molecular flexibility index (Phi) is 4.34. The Morgan fingerprint density at radius 1 is 1.37 bits per heavy atom. The van der Waals surface area contributed by atoms with Crippen molar-refractivity contribution in [3.05, 3.63) is 40.6 Å². The lowest BCUT2D eigenvalue weighted by molar-refractivity contribution is 0.967. The van der Waals surface area contributed by atoms with Gasteiger partial charge in [-0.2, -0.15) is 0 Å². The Hall–Kier alpha value is -1.66. The molecule has 0 saturated carbocycles. The molecule has 1 aromatic heterocycles. The molecule has 0 aliphatic rings. The number of halogens is 1. The summed E-state index contributed by atoms with van der Waals surface area (Å²) in [5, 5.41) is 0. The van der Waals surface area contributed by atoms with Crippen molar-refractivity contribution in [2.45, 2.75) is 13.8 Å². The summed E-state index contributed by atoms with van der Waals surface area (Å²) in [6.45, 7) is 4.94. The van der Waals surface area contributed by atoms with Gasteiger partial charge in [-0.15, -0.1) is 0 Å². The average molecular weight is 322 g/mol. The smallest absolute Gasteiger partial charge is 0.159 e. The Morgan fingerprint density at radius 2 is 2.16 bits per heavy atom. The molecule has 5 nitrogen and oxygen atoms in total. The van der Waals surface area contributed by atoms with E-state index in [-0.39, 0.29) is 0 Å². The molecule has 0 aliphatic heterocycles. The average Bonchev–Trinajstić information content (AvgIpc) is 2.41. The predicted octanol–water partition coefficient (Wildman–Crippen LogP) is 2.99. The van der Waals surface area contributed by atoms with Gasteiger partial charge in [-0.05, 0) is 47.5 Å². The van der Waals surface area contributed by atoms with Gasteiger partial charge in [0.2, 0.25) is 0 Å². The summed E-state index contributed by atoms with van der Waals surface area (Å²) in [5.41, 5.74) is 4.85. The van der Waals surface area contributed by atoms with Crippen molar-refractivity contribution in [2.75, 3.05) is 16.9 Å². The molecule has 0 aliphatic carbocycles. The van der Waals surface area contributed by atoms with Crippen LogP contribution in [0.25, 0.3) is 0 Å². The van der Waals surface area contributed by atoms with Crippen LogP contribution in [0.15, 0.2) is 35.1 Å². The van der Waals surface area contributed by atoms with Crippen molar-refractivity contribution in [2.24, 2.45) is 5.84 Å². The Labute approximate surface area is 121 Å². The Balaban J connectivity index is 2.48. The second-order valence-corrected chi connectivity index (χ2v) is 4.88. The SMILES string of the molecule is CCN(c1cccc(C)c1)c1ncnc(NN)c1Br. The highest BCUT2D eigenvalue weighted by molar-refractivity contribution is 9.10. The minimum Gasteiger partial charge on any atom is -0.326 e. The van der Waals surface area contributed by atoms with E-state index in [0.29, 0.717) is 5.82 Å². The lowest BCUT2D eigenvalue weighted by Gasteiger charge is -2.24. The van der Waals surface area contributed by atoms with Crippen LogP contribution in [0.1, 0.15) is 12.5 Å². The summed E-state index contributed by atoms with van der Waals surface area (Å²) < 4.78 is 0.751. The molecule has 0 bridgehead atoms. The van der Waals surface area contributed by atoms with Crippen molar-refractivity contribution in [3.63, 3.8) is 0 Å². The fourth-order valence-corrected chi connectivity index (χ4v) is 2.43. The molecule has 0 spiro atoms. The van der Waals surface area contributed by atoms with E-state index < -0.39 is 0 Å². The minimum atomic E-state index is 0.566. The summed E-state index contributed by atoms with van der Waals surface area (Å²) in [6, 6.07) is 8.28. The third kappa shape index (κ3) is 2.85. The number of anilines is 3. The predicted molar refractivity (Wildman–Crippen MR) is 81.4 cm³/mol. The lowest BCUT2D eigenvalue weighted by atomic mass is 10.2. The van der Waals surface area contributed by atoms with Gasteiger partial charge < -0.3 is 10.3 Å². The number of hydrogen-bond acceptors (Lipinski definition) is 5. The summed E-state index contributed by atoms with van der Waals surface area (Å²) in [6.07, 6.45) is 1.49. The number of aromatic nitrogens is 2. The first-order chi connectivity index (χ1) is 9.17. The third-order valence-electron chi connectivity index (χ3n) is 2.79. The molecule has 0 unspecified atom stereocenters. The van der Waals surface area contributed by atoms with Gasteiger partial charge in [-0.25, -0.2) is 15.8 Å². The van der Waals surface area contributed by atoms with Crippen LogP contribution in [0.4, 0.5) is 17.3 Å². The topological polar surface area (TPSA) is 67.1 Å². The first-order valence-electron chi connectivity index (χ1n) is 5.98. The molecule has 19 heavy (non-hydrogen) atoms. The molecular formula is C13H16BrN5. The maximum atomic E-state index is 5.44. The van der Waals surface area contributed by atoms with Crippen molar-refractivity contribution >= 4 is 33.3 Å². The van der Waals surface area contributed by atoms with Crippen LogP contribution in [0, 0.1) is 6.92 Å². The van der Waals surface area contributed by atoms with Gasteiger partial charge in [0.15, 0.2) is 11.6 Å². The summed E-state index contributed by atoms with van der Waals surface area (Å²) in [7, 11) is 0. The number of hydrazine groups is 1. The first-order valence-corrected chi connectivity index (χ1v) is 6.78. The van der Waals surface area contributed by atoms with Crippen molar-refractivity contribution in [3.8, 4) is 0 Å². The van der Waals surface area contributed by atoms with Gasteiger partial charge in [0.05, 0.1) is 0 Å². The number of benzene rings is 1. The lowest BCUT2D eigenvalue weighted by Crippen LogP contribution is -2.19. The minimum absolute atomic E-state index is 0.566. The Bertz CT molecular complexity index is 573. The van der Waals surface area contributed by atoms with Crippen molar-refractivity contribution < 1.29 is 0 Å². The summed E-state index contributed by atoms with van der Waals surface area (Å²) in [5.74, 6) is 6.79. The molecule has 0 saturated heterocycles. The fourth-order valence-electron chi connectivity index (χ4n) is 1.90. The maximum Gasteiger partial charge on any atom is 0.159 e. The number of hydrogen-bond donors (Lipinski definition) is 2. The molecule has 0 atom stereocenters. The molecule has 3 N–H and O–H groups in total. The second-order valence-electron chi connectivity index (χ2n) is 4.09. The highest BCUT2D eigenvalue weighted by Gasteiger charge is 2.15. The molecule has 2 rings (SSSR count). The van der Waals surface area contributed by atoms with Crippen LogP contribution in [-0.2, 0) is 0 Å². The number of aryl methyl sites for hydroxylation is 1. The van der Waals surface area contributed by atoms with Gasteiger partial charge in [-0.3, -0.25) is 0 Å². The monoisotopic (exact) mass is 321 g/mol. The zero-order valence-corrected chi connectivity index (χ0v) is 12.5. The van der Waals surface area contributed by atoms with E-state index in [9.17, 15) is 0 Å². The van der Waals surface area contributed by atoms with Crippen LogP contribution in [0.2, 0.25) is 0 Å². The Morgan fingerprint density at radius 3 is 2.79 bits per heavy atom. The van der Waals surface area contributed by atoms with E-state index in [1.807, 2.05) is 6.07 Å².